The van der Waals surface area contributed by atoms with Crippen LogP contribution in [0.3, 0.4) is 0 Å². The summed E-state index contributed by atoms with van der Waals surface area (Å²) in [7, 11) is 0. The summed E-state index contributed by atoms with van der Waals surface area (Å²) in [6, 6.07) is 3.64. The highest BCUT2D eigenvalue weighted by molar-refractivity contribution is 5.99. The molecule has 0 spiro atoms. The topological polar surface area (TPSA) is 95.9 Å². The molecule has 0 aliphatic rings. The molecule has 0 atom stereocenters. The van der Waals surface area contributed by atoms with Crippen molar-refractivity contribution in [2.45, 2.75) is 13.8 Å². The van der Waals surface area contributed by atoms with Gasteiger partial charge in [-0.25, -0.2) is 9.59 Å². The van der Waals surface area contributed by atoms with E-state index in [1.165, 1.54) is 12.1 Å². The molecule has 0 aliphatic heterocycles. The van der Waals surface area contributed by atoms with Gasteiger partial charge in [0.15, 0.2) is 0 Å². The Hall–Kier alpha value is -2.24. The lowest BCUT2D eigenvalue weighted by Crippen LogP contribution is -2.18. The predicted molar refractivity (Wildman–Crippen MR) is 64.9 cm³/mol. The molecule has 1 amide bonds. The molecule has 18 heavy (non-hydrogen) atoms. The lowest BCUT2D eigenvalue weighted by atomic mass is 10.1. The van der Waals surface area contributed by atoms with E-state index in [2.05, 4.69) is 5.32 Å². The van der Waals surface area contributed by atoms with Gasteiger partial charge in [0.05, 0.1) is 17.9 Å². The molecular formula is C12H15NO5. The molecule has 0 unspecified atom stereocenters. The molecule has 0 radical (unpaired) electrons. The third-order valence-corrected chi connectivity index (χ3v) is 2.02. The smallest absolute Gasteiger partial charge is 0.411 e. The van der Waals surface area contributed by atoms with Gasteiger partial charge in [-0.05, 0) is 24.1 Å². The standard InChI is InChI=1S/C12H15NO5/c1-7(2)6-18-12(17)13-10-4-3-8(14)5-9(10)11(15)16/h3-5,7,14H,6H2,1-2H3,(H,13,17)(H,15,16). The van der Waals surface area contributed by atoms with E-state index in [9.17, 15) is 14.7 Å². The Morgan fingerprint density at radius 2 is 2.06 bits per heavy atom. The number of carbonyl (C=O) groups excluding carboxylic acids is 1. The van der Waals surface area contributed by atoms with Gasteiger partial charge in [-0.15, -0.1) is 0 Å². The van der Waals surface area contributed by atoms with Crippen LogP contribution in [-0.4, -0.2) is 28.9 Å². The number of nitrogens with one attached hydrogen (secondary N) is 1. The summed E-state index contributed by atoms with van der Waals surface area (Å²) in [5.74, 6) is -1.24. The zero-order valence-electron chi connectivity index (χ0n) is 10.1. The van der Waals surface area contributed by atoms with E-state index in [4.69, 9.17) is 9.84 Å². The minimum atomic E-state index is -1.25. The molecule has 6 heteroatoms. The first-order valence-corrected chi connectivity index (χ1v) is 5.40. The lowest BCUT2D eigenvalue weighted by molar-refractivity contribution is 0.0697. The van der Waals surface area contributed by atoms with E-state index < -0.39 is 12.1 Å². The number of carboxylic acid groups (broad SMARTS) is 1. The number of anilines is 1. The van der Waals surface area contributed by atoms with E-state index in [1.807, 2.05) is 13.8 Å². The zero-order valence-corrected chi connectivity index (χ0v) is 10.1. The number of phenolic OH excluding ortho intramolecular Hbond substituents is 1. The number of phenols is 1. The van der Waals surface area contributed by atoms with Gasteiger partial charge in [0, 0.05) is 0 Å². The summed E-state index contributed by atoms with van der Waals surface area (Å²) in [6.45, 7) is 4.01. The number of hydrogen-bond donors (Lipinski definition) is 3. The molecule has 0 bridgehead atoms. The van der Waals surface area contributed by atoms with Crippen molar-refractivity contribution in [1.29, 1.82) is 0 Å². The highest BCUT2D eigenvalue weighted by Crippen LogP contribution is 2.21. The average molecular weight is 253 g/mol. The Kier molecular flexibility index (Phi) is 4.53. The Morgan fingerprint density at radius 1 is 1.39 bits per heavy atom. The highest BCUT2D eigenvalue weighted by atomic mass is 16.5. The number of amides is 1. The fraction of sp³-hybridized carbons (Fsp3) is 0.333. The average Bonchev–Trinajstić information content (AvgIpc) is 2.28. The summed E-state index contributed by atoms with van der Waals surface area (Å²) in [6.07, 6.45) is -0.725. The van der Waals surface area contributed by atoms with E-state index in [1.54, 1.807) is 0 Å². The first-order chi connectivity index (χ1) is 8.40. The molecule has 6 nitrogen and oxygen atoms in total. The quantitative estimate of drug-likeness (QED) is 0.715. The van der Waals surface area contributed by atoms with E-state index >= 15 is 0 Å². The largest absolute Gasteiger partial charge is 0.508 e. The van der Waals surface area contributed by atoms with Gasteiger partial charge in [-0.2, -0.15) is 0 Å². The number of carboxylic acids is 1. The molecule has 0 aliphatic carbocycles. The molecule has 0 fully saturated rings. The molecular weight excluding hydrogens is 238 g/mol. The predicted octanol–water partition coefficient (Wildman–Crippen LogP) is 2.29. The fourth-order valence-electron chi connectivity index (χ4n) is 1.21. The van der Waals surface area contributed by atoms with Gasteiger partial charge in [0.1, 0.15) is 5.75 Å². The van der Waals surface area contributed by atoms with Gasteiger partial charge in [-0.1, -0.05) is 13.8 Å². The van der Waals surface area contributed by atoms with Gasteiger partial charge >= 0.3 is 12.1 Å². The summed E-state index contributed by atoms with van der Waals surface area (Å²) in [4.78, 5) is 22.3. The van der Waals surface area contributed by atoms with Crippen molar-refractivity contribution in [2.24, 2.45) is 5.92 Å². The number of aromatic carboxylic acids is 1. The second-order valence-electron chi connectivity index (χ2n) is 4.15. The SMILES string of the molecule is CC(C)COC(=O)Nc1ccc(O)cc1C(=O)O. The molecule has 0 aromatic heterocycles. The Bertz CT molecular complexity index is 456. The van der Waals surface area contributed by atoms with Crippen molar-refractivity contribution in [3.05, 3.63) is 23.8 Å². The van der Waals surface area contributed by atoms with E-state index in [0.29, 0.717) is 0 Å². The highest BCUT2D eigenvalue weighted by Gasteiger charge is 2.14. The maximum atomic E-state index is 11.4. The Balaban J connectivity index is 2.78. The van der Waals surface area contributed by atoms with Crippen molar-refractivity contribution in [3.63, 3.8) is 0 Å². The summed E-state index contributed by atoms with van der Waals surface area (Å²) < 4.78 is 4.87. The number of carbonyl (C=O) groups is 2. The minimum Gasteiger partial charge on any atom is -0.508 e. The van der Waals surface area contributed by atoms with Crippen LogP contribution >= 0.6 is 0 Å². The van der Waals surface area contributed by atoms with Crippen molar-refractivity contribution in [2.75, 3.05) is 11.9 Å². The second-order valence-corrected chi connectivity index (χ2v) is 4.15. The fourth-order valence-corrected chi connectivity index (χ4v) is 1.21. The van der Waals surface area contributed by atoms with Gasteiger partial charge in [0.2, 0.25) is 0 Å². The molecule has 0 saturated heterocycles. The lowest BCUT2D eigenvalue weighted by Gasteiger charge is -2.10. The van der Waals surface area contributed by atoms with Crippen LogP contribution in [0.4, 0.5) is 10.5 Å². The number of rotatable bonds is 4. The van der Waals surface area contributed by atoms with Crippen molar-refractivity contribution in [1.82, 2.24) is 0 Å². The van der Waals surface area contributed by atoms with Crippen molar-refractivity contribution in [3.8, 4) is 5.75 Å². The van der Waals surface area contributed by atoms with Crippen LogP contribution in [0.5, 0.6) is 5.75 Å². The monoisotopic (exact) mass is 253 g/mol. The van der Waals surface area contributed by atoms with Crippen molar-refractivity contribution < 1.29 is 24.5 Å². The first-order valence-electron chi connectivity index (χ1n) is 5.40. The Morgan fingerprint density at radius 3 is 2.61 bits per heavy atom. The number of aromatic hydroxyl groups is 1. The summed E-state index contributed by atoms with van der Waals surface area (Å²) in [5, 5.41) is 20.4. The van der Waals surface area contributed by atoms with Crippen LogP contribution in [0, 0.1) is 5.92 Å². The number of hydrogen-bond acceptors (Lipinski definition) is 4. The van der Waals surface area contributed by atoms with Crippen LogP contribution < -0.4 is 5.32 Å². The summed E-state index contributed by atoms with van der Waals surface area (Å²) in [5.41, 5.74) is -0.120. The van der Waals surface area contributed by atoms with E-state index in [0.717, 1.165) is 6.07 Å². The van der Waals surface area contributed by atoms with Crippen LogP contribution in [-0.2, 0) is 4.74 Å². The van der Waals surface area contributed by atoms with Crippen LogP contribution in [0.2, 0.25) is 0 Å². The van der Waals surface area contributed by atoms with Gasteiger partial charge in [-0.3, -0.25) is 5.32 Å². The van der Waals surface area contributed by atoms with Gasteiger partial charge < -0.3 is 14.9 Å². The van der Waals surface area contributed by atoms with Crippen LogP contribution in [0.25, 0.3) is 0 Å². The molecule has 3 N–H and O–H groups in total. The maximum Gasteiger partial charge on any atom is 0.411 e. The normalized spacial score (nSPS) is 10.2. The maximum absolute atomic E-state index is 11.4. The second kappa shape index (κ2) is 5.90. The van der Waals surface area contributed by atoms with E-state index in [-0.39, 0.29) is 29.5 Å². The third kappa shape index (κ3) is 3.97. The molecule has 1 aromatic carbocycles. The molecule has 0 heterocycles. The number of benzene rings is 1. The number of ether oxygens (including phenoxy) is 1. The molecule has 1 rings (SSSR count). The van der Waals surface area contributed by atoms with Crippen LogP contribution in [0.1, 0.15) is 24.2 Å². The summed E-state index contributed by atoms with van der Waals surface area (Å²) >= 11 is 0. The molecule has 98 valence electrons. The van der Waals surface area contributed by atoms with Crippen molar-refractivity contribution >= 4 is 17.7 Å². The first kappa shape index (κ1) is 13.8. The molecule has 0 saturated carbocycles. The molecule has 1 aromatic rings. The third-order valence-electron chi connectivity index (χ3n) is 2.02. The zero-order chi connectivity index (χ0) is 13.7. The minimum absolute atomic E-state index is 0.0778. The Labute approximate surface area is 104 Å². The van der Waals surface area contributed by atoms with Gasteiger partial charge in [0.25, 0.3) is 0 Å². The van der Waals surface area contributed by atoms with Crippen LogP contribution in [0.15, 0.2) is 18.2 Å².